The zero-order valence-corrected chi connectivity index (χ0v) is 11.0. The Morgan fingerprint density at radius 2 is 2.06 bits per heavy atom. The van der Waals surface area contributed by atoms with Crippen molar-refractivity contribution in [3.63, 3.8) is 0 Å². The van der Waals surface area contributed by atoms with Crippen LogP contribution in [0.4, 0.5) is 0 Å². The second-order valence-corrected chi connectivity index (χ2v) is 5.51. The van der Waals surface area contributed by atoms with E-state index in [1.54, 1.807) is 0 Å². The van der Waals surface area contributed by atoms with Gasteiger partial charge in [-0.15, -0.1) is 0 Å². The summed E-state index contributed by atoms with van der Waals surface area (Å²) in [5.41, 5.74) is 8.35. The lowest BCUT2D eigenvalue weighted by molar-refractivity contribution is 0.501. The summed E-state index contributed by atoms with van der Waals surface area (Å²) in [6.45, 7) is 2.05. The Hall–Kier alpha value is -1.35. The number of nitrogens with two attached hydrogens (primary N) is 1. The number of fused-ring (bicyclic) bond motifs is 1. The molecule has 1 aromatic heterocycles. The third-order valence-corrected chi connectivity index (χ3v) is 3.86. The number of benzene rings is 1. The number of rotatable bonds is 3. The predicted molar refractivity (Wildman–Crippen MR) is 74.6 cm³/mol. The Kier molecular flexibility index (Phi) is 3.08. The average Bonchev–Trinajstić information content (AvgIpc) is 2.93. The van der Waals surface area contributed by atoms with E-state index in [0.29, 0.717) is 6.04 Å². The van der Waals surface area contributed by atoms with Crippen molar-refractivity contribution in [2.45, 2.75) is 51.1 Å². The van der Waals surface area contributed by atoms with E-state index in [0.717, 1.165) is 17.8 Å². The Labute approximate surface area is 108 Å². The van der Waals surface area contributed by atoms with Crippen LogP contribution in [0.15, 0.2) is 24.3 Å². The first-order chi connectivity index (χ1) is 8.75. The molecule has 96 valence electrons. The van der Waals surface area contributed by atoms with Crippen LogP contribution in [0.3, 0.4) is 0 Å². The van der Waals surface area contributed by atoms with E-state index in [-0.39, 0.29) is 6.04 Å². The lowest BCUT2D eigenvalue weighted by Crippen LogP contribution is -2.21. The van der Waals surface area contributed by atoms with Crippen molar-refractivity contribution in [1.29, 1.82) is 0 Å². The minimum absolute atomic E-state index is 0.168. The molecule has 2 aromatic rings. The summed E-state index contributed by atoms with van der Waals surface area (Å²) < 4.78 is 2.45. The SMILES string of the molecule is CC(N)Cc1nc2ccccc2n1C1CCCC1. The summed E-state index contributed by atoms with van der Waals surface area (Å²) in [5.74, 6) is 1.16. The molecule has 1 aromatic carbocycles. The standard InChI is InChI=1S/C15H21N3/c1-11(16)10-15-17-13-8-4-5-9-14(13)18(15)12-6-2-3-7-12/h4-5,8-9,11-12H,2-3,6-7,10,16H2,1H3. The van der Waals surface area contributed by atoms with Gasteiger partial charge in [-0.2, -0.15) is 0 Å². The summed E-state index contributed by atoms with van der Waals surface area (Å²) in [6, 6.07) is 9.25. The summed E-state index contributed by atoms with van der Waals surface area (Å²) >= 11 is 0. The van der Waals surface area contributed by atoms with Crippen molar-refractivity contribution < 1.29 is 0 Å². The molecule has 1 atom stereocenters. The molecule has 0 aliphatic heterocycles. The van der Waals surface area contributed by atoms with Crippen molar-refractivity contribution in [3.05, 3.63) is 30.1 Å². The van der Waals surface area contributed by atoms with Crippen LogP contribution in [0.5, 0.6) is 0 Å². The number of imidazole rings is 1. The Morgan fingerprint density at radius 1 is 1.33 bits per heavy atom. The molecule has 1 unspecified atom stereocenters. The first-order valence-electron chi connectivity index (χ1n) is 6.97. The molecule has 0 spiro atoms. The van der Waals surface area contributed by atoms with Crippen LogP contribution in [0, 0.1) is 0 Å². The molecule has 2 N–H and O–H groups in total. The van der Waals surface area contributed by atoms with Gasteiger partial charge in [-0.1, -0.05) is 25.0 Å². The Balaban J connectivity index is 2.11. The Bertz CT molecular complexity index is 536. The minimum Gasteiger partial charge on any atom is -0.328 e. The molecule has 1 saturated carbocycles. The number of hydrogen-bond donors (Lipinski definition) is 1. The van der Waals surface area contributed by atoms with E-state index in [2.05, 4.69) is 35.8 Å². The fourth-order valence-corrected chi connectivity index (χ4v) is 3.10. The molecule has 0 saturated heterocycles. The van der Waals surface area contributed by atoms with Crippen LogP contribution in [0.2, 0.25) is 0 Å². The predicted octanol–water partition coefficient (Wildman–Crippen LogP) is 3.04. The van der Waals surface area contributed by atoms with Crippen LogP contribution in [-0.4, -0.2) is 15.6 Å². The summed E-state index contributed by atoms with van der Waals surface area (Å²) in [5, 5.41) is 0. The van der Waals surface area contributed by atoms with Crippen molar-refractivity contribution in [2.75, 3.05) is 0 Å². The van der Waals surface area contributed by atoms with E-state index in [9.17, 15) is 0 Å². The lowest BCUT2D eigenvalue weighted by Gasteiger charge is -2.17. The van der Waals surface area contributed by atoms with Crippen molar-refractivity contribution in [2.24, 2.45) is 5.73 Å². The van der Waals surface area contributed by atoms with E-state index in [1.165, 1.54) is 31.2 Å². The monoisotopic (exact) mass is 243 g/mol. The number of nitrogens with zero attached hydrogens (tertiary/aromatic N) is 2. The maximum absolute atomic E-state index is 5.96. The Morgan fingerprint density at radius 3 is 2.78 bits per heavy atom. The lowest BCUT2D eigenvalue weighted by atomic mass is 10.2. The van der Waals surface area contributed by atoms with Gasteiger partial charge in [0, 0.05) is 18.5 Å². The largest absolute Gasteiger partial charge is 0.328 e. The fourth-order valence-electron chi connectivity index (χ4n) is 3.10. The normalized spacial score (nSPS) is 18.6. The minimum atomic E-state index is 0.168. The number of hydrogen-bond acceptors (Lipinski definition) is 2. The van der Waals surface area contributed by atoms with Crippen molar-refractivity contribution >= 4 is 11.0 Å². The van der Waals surface area contributed by atoms with Gasteiger partial charge in [0.25, 0.3) is 0 Å². The van der Waals surface area contributed by atoms with Crippen molar-refractivity contribution in [3.8, 4) is 0 Å². The molecule has 0 bridgehead atoms. The maximum Gasteiger partial charge on any atom is 0.111 e. The fraction of sp³-hybridized carbons (Fsp3) is 0.533. The average molecular weight is 243 g/mol. The first kappa shape index (κ1) is 11.7. The van der Waals surface area contributed by atoms with E-state index in [4.69, 9.17) is 10.7 Å². The van der Waals surface area contributed by atoms with Crippen LogP contribution in [0.1, 0.15) is 44.5 Å². The molecule has 1 aliphatic carbocycles. The summed E-state index contributed by atoms with van der Waals surface area (Å²) in [7, 11) is 0. The molecule has 1 fully saturated rings. The highest BCUT2D eigenvalue weighted by molar-refractivity contribution is 5.76. The third kappa shape index (κ3) is 2.03. The third-order valence-electron chi connectivity index (χ3n) is 3.86. The topological polar surface area (TPSA) is 43.8 Å². The molecule has 0 amide bonds. The molecule has 1 heterocycles. The molecule has 18 heavy (non-hydrogen) atoms. The quantitative estimate of drug-likeness (QED) is 0.900. The molecule has 3 rings (SSSR count). The zero-order chi connectivity index (χ0) is 12.5. The highest BCUT2D eigenvalue weighted by Gasteiger charge is 2.22. The van der Waals surface area contributed by atoms with Gasteiger partial charge in [-0.25, -0.2) is 4.98 Å². The van der Waals surface area contributed by atoms with Crippen LogP contribution < -0.4 is 5.73 Å². The molecule has 3 nitrogen and oxygen atoms in total. The van der Waals surface area contributed by atoms with Crippen LogP contribution in [-0.2, 0) is 6.42 Å². The van der Waals surface area contributed by atoms with Gasteiger partial charge in [-0.05, 0) is 31.9 Å². The molecular weight excluding hydrogens is 222 g/mol. The van der Waals surface area contributed by atoms with Gasteiger partial charge in [0.05, 0.1) is 11.0 Å². The summed E-state index contributed by atoms with van der Waals surface area (Å²) in [6.07, 6.45) is 6.12. The number of para-hydroxylation sites is 2. The van der Waals surface area contributed by atoms with Gasteiger partial charge in [0.15, 0.2) is 0 Å². The smallest absolute Gasteiger partial charge is 0.111 e. The van der Waals surface area contributed by atoms with E-state index >= 15 is 0 Å². The van der Waals surface area contributed by atoms with Gasteiger partial charge < -0.3 is 10.3 Å². The second-order valence-electron chi connectivity index (χ2n) is 5.51. The molecular formula is C15H21N3. The number of aromatic nitrogens is 2. The second kappa shape index (κ2) is 4.73. The van der Waals surface area contributed by atoms with E-state index < -0.39 is 0 Å². The highest BCUT2D eigenvalue weighted by atomic mass is 15.1. The molecule has 1 aliphatic rings. The van der Waals surface area contributed by atoms with E-state index in [1.807, 2.05) is 0 Å². The van der Waals surface area contributed by atoms with Gasteiger partial charge in [0.2, 0.25) is 0 Å². The van der Waals surface area contributed by atoms with Gasteiger partial charge in [0.1, 0.15) is 5.82 Å². The summed E-state index contributed by atoms with van der Waals surface area (Å²) in [4.78, 5) is 4.78. The van der Waals surface area contributed by atoms with Crippen LogP contribution >= 0.6 is 0 Å². The maximum atomic E-state index is 5.96. The van der Waals surface area contributed by atoms with Crippen LogP contribution in [0.25, 0.3) is 11.0 Å². The van der Waals surface area contributed by atoms with Gasteiger partial charge >= 0.3 is 0 Å². The zero-order valence-electron chi connectivity index (χ0n) is 11.0. The van der Waals surface area contributed by atoms with Gasteiger partial charge in [-0.3, -0.25) is 0 Å². The van der Waals surface area contributed by atoms with Crippen molar-refractivity contribution in [1.82, 2.24) is 9.55 Å². The molecule has 0 radical (unpaired) electrons. The molecule has 3 heteroatoms. The highest BCUT2D eigenvalue weighted by Crippen LogP contribution is 2.33. The first-order valence-corrected chi connectivity index (χ1v) is 6.97.